The van der Waals surface area contributed by atoms with E-state index < -0.39 is 9.84 Å². The van der Waals surface area contributed by atoms with Gasteiger partial charge >= 0.3 is 0 Å². The van der Waals surface area contributed by atoms with Crippen LogP contribution in [0.4, 0.5) is 0 Å². The third kappa shape index (κ3) is 4.04. The van der Waals surface area contributed by atoms with Crippen LogP contribution in [0, 0.1) is 0 Å². The first-order valence-corrected chi connectivity index (χ1v) is 10.2. The molecular weight excluding hydrogens is 352 g/mol. The molecule has 1 aromatic heterocycles. The standard InChI is InChI=1S/C19H22N2O4S/c1-21(17-7-8-26(23,24)13-17)19(22)16-10-14(11-20-12-16)9-15-5-3-4-6-18(15)25-2/h3-6,10-12,17H,7-9,13H2,1-2H3. The number of hydrogen-bond donors (Lipinski definition) is 0. The highest BCUT2D eigenvalue weighted by Crippen LogP contribution is 2.22. The minimum Gasteiger partial charge on any atom is -0.496 e. The SMILES string of the molecule is COc1ccccc1Cc1cncc(C(=O)N(C)C2CCS(=O)(=O)C2)c1. The number of rotatable bonds is 5. The fraction of sp³-hybridized carbons (Fsp3) is 0.368. The lowest BCUT2D eigenvalue weighted by atomic mass is 10.0. The average molecular weight is 374 g/mol. The van der Waals surface area contributed by atoms with Gasteiger partial charge in [-0.15, -0.1) is 0 Å². The third-order valence-corrected chi connectivity index (χ3v) is 6.46. The molecule has 1 aliphatic heterocycles. The number of hydrogen-bond acceptors (Lipinski definition) is 5. The van der Waals surface area contributed by atoms with Crippen LogP contribution in [0.3, 0.4) is 0 Å². The Balaban J connectivity index is 1.77. The van der Waals surface area contributed by atoms with Crippen molar-refractivity contribution >= 4 is 15.7 Å². The lowest BCUT2D eigenvalue weighted by Crippen LogP contribution is -2.37. The molecule has 2 heterocycles. The predicted molar refractivity (Wildman–Crippen MR) is 99.2 cm³/mol. The van der Waals surface area contributed by atoms with Crippen molar-refractivity contribution in [3.05, 3.63) is 59.4 Å². The van der Waals surface area contributed by atoms with Gasteiger partial charge in [0, 0.05) is 31.9 Å². The van der Waals surface area contributed by atoms with Crippen molar-refractivity contribution in [3.63, 3.8) is 0 Å². The molecule has 0 saturated carbocycles. The Hall–Kier alpha value is -2.41. The van der Waals surface area contributed by atoms with E-state index in [1.165, 1.54) is 11.1 Å². The number of benzene rings is 1. The Morgan fingerprint density at radius 3 is 2.77 bits per heavy atom. The summed E-state index contributed by atoms with van der Waals surface area (Å²) in [6.07, 6.45) is 4.33. The quantitative estimate of drug-likeness (QED) is 0.799. The predicted octanol–water partition coefficient (Wildman–Crippen LogP) is 1.94. The maximum atomic E-state index is 12.7. The molecule has 138 valence electrons. The van der Waals surface area contributed by atoms with Crippen LogP contribution in [0.5, 0.6) is 5.75 Å². The Morgan fingerprint density at radius 2 is 2.08 bits per heavy atom. The number of nitrogens with zero attached hydrogens (tertiary/aromatic N) is 2. The van der Waals surface area contributed by atoms with E-state index in [0.29, 0.717) is 18.4 Å². The molecule has 1 amide bonds. The number of sulfone groups is 1. The molecule has 0 radical (unpaired) electrons. The molecule has 0 N–H and O–H groups in total. The number of amides is 1. The first kappa shape index (κ1) is 18.4. The Kier molecular flexibility index (Phi) is 5.27. The van der Waals surface area contributed by atoms with Crippen molar-refractivity contribution in [3.8, 4) is 5.75 Å². The molecule has 2 aromatic rings. The van der Waals surface area contributed by atoms with Crippen LogP contribution >= 0.6 is 0 Å². The van der Waals surface area contributed by atoms with Gasteiger partial charge < -0.3 is 9.64 Å². The molecular formula is C19H22N2O4S. The third-order valence-electron chi connectivity index (χ3n) is 4.71. The van der Waals surface area contributed by atoms with Crippen LogP contribution in [-0.2, 0) is 16.3 Å². The second kappa shape index (κ2) is 7.45. The Morgan fingerprint density at radius 1 is 1.31 bits per heavy atom. The highest BCUT2D eigenvalue weighted by atomic mass is 32.2. The topological polar surface area (TPSA) is 76.6 Å². The first-order valence-electron chi connectivity index (χ1n) is 8.43. The smallest absolute Gasteiger partial charge is 0.255 e. The second-order valence-corrected chi connectivity index (χ2v) is 8.77. The van der Waals surface area contributed by atoms with Gasteiger partial charge in [-0.1, -0.05) is 18.2 Å². The number of carbonyl (C=O) groups is 1. The molecule has 6 nitrogen and oxygen atoms in total. The number of carbonyl (C=O) groups excluding carboxylic acids is 1. The zero-order chi connectivity index (χ0) is 18.7. The minimum absolute atomic E-state index is 0.0313. The molecule has 26 heavy (non-hydrogen) atoms. The maximum absolute atomic E-state index is 12.7. The highest BCUT2D eigenvalue weighted by Gasteiger charge is 2.33. The summed E-state index contributed by atoms with van der Waals surface area (Å²) in [5, 5.41) is 0. The summed E-state index contributed by atoms with van der Waals surface area (Å²) in [6, 6.07) is 9.25. The molecule has 1 unspecified atom stereocenters. The van der Waals surface area contributed by atoms with Crippen molar-refractivity contribution < 1.29 is 17.9 Å². The van der Waals surface area contributed by atoms with Crippen LogP contribution in [0.2, 0.25) is 0 Å². The number of ether oxygens (including phenoxy) is 1. The van der Waals surface area contributed by atoms with Crippen molar-refractivity contribution in [2.45, 2.75) is 18.9 Å². The van der Waals surface area contributed by atoms with E-state index in [1.54, 1.807) is 20.4 Å². The largest absolute Gasteiger partial charge is 0.496 e. The number of methoxy groups -OCH3 is 1. The van der Waals surface area contributed by atoms with E-state index >= 15 is 0 Å². The van der Waals surface area contributed by atoms with Gasteiger partial charge in [0.05, 0.1) is 24.2 Å². The normalized spacial score (nSPS) is 18.5. The summed E-state index contributed by atoms with van der Waals surface area (Å²) in [5.41, 5.74) is 2.37. The monoisotopic (exact) mass is 374 g/mol. The van der Waals surface area contributed by atoms with Crippen LogP contribution in [-0.4, -0.2) is 55.9 Å². The van der Waals surface area contributed by atoms with Crippen molar-refractivity contribution in [2.75, 3.05) is 25.7 Å². The van der Waals surface area contributed by atoms with E-state index in [9.17, 15) is 13.2 Å². The molecule has 7 heteroatoms. The van der Waals surface area contributed by atoms with Crippen molar-refractivity contribution in [2.24, 2.45) is 0 Å². The van der Waals surface area contributed by atoms with Gasteiger partial charge in [-0.2, -0.15) is 0 Å². The van der Waals surface area contributed by atoms with Gasteiger partial charge in [-0.3, -0.25) is 9.78 Å². The molecule has 1 fully saturated rings. The van der Waals surface area contributed by atoms with E-state index in [-0.39, 0.29) is 23.5 Å². The summed E-state index contributed by atoms with van der Waals surface area (Å²) < 4.78 is 28.7. The number of aromatic nitrogens is 1. The van der Waals surface area contributed by atoms with E-state index in [0.717, 1.165) is 16.9 Å². The molecule has 1 aliphatic rings. The molecule has 0 bridgehead atoms. The van der Waals surface area contributed by atoms with Crippen LogP contribution in [0.25, 0.3) is 0 Å². The van der Waals surface area contributed by atoms with E-state index in [1.807, 2.05) is 30.3 Å². The zero-order valence-electron chi connectivity index (χ0n) is 14.9. The molecule has 1 aromatic carbocycles. The van der Waals surface area contributed by atoms with Gasteiger partial charge in [0.25, 0.3) is 5.91 Å². The van der Waals surface area contributed by atoms with Gasteiger partial charge in [-0.05, 0) is 29.7 Å². The highest BCUT2D eigenvalue weighted by molar-refractivity contribution is 7.91. The van der Waals surface area contributed by atoms with Gasteiger partial charge in [0.15, 0.2) is 9.84 Å². The lowest BCUT2D eigenvalue weighted by Gasteiger charge is -2.23. The lowest BCUT2D eigenvalue weighted by molar-refractivity contribution is 0.0747. The molecule has 3 rings (SSSR count). The first-order chi connectivity index (χ1) is 12.4. The summed E-state index contributed by atoms with van der Waals surface area (Å²) in [7, 11) is 0.244. The Labute approximate surface area is 153 Å². The molecule has 1 saturated heterocycles. The van der Waals surface area contributed by atoms with Gasteiger partial charge in [0.2, 0.25) is 0 Å². The Bertz CT molecular complexity index is 911. The fourth-order valence-electron chi connectivity index (χ4n) is 3.22. The molecule has 0 aliphatic carbocycles. The van der Waals surface area contributed by atoms with Crippen LogP contribution in [0.1, 0.15) is 27.9 Å². The molecule has 0 spiro atoms. The summed E-state index contributed by atoms with van der Waals surface area (Å²) in [5.74, 6) is 0.754. The number of pyridine rings is 1. The maximum Gasteiger partial charge on any atom is 0.255 e. The van der Waals surface area contributed by atoms with Crippen molar-refractivity contribution in [1.82, 2.24) is 9.88 Å². The van der Waals surface area contributed by atoms with Crippen LogP contribution in [0.15, 0.2) is 42.7 Å². The summed E-state index contributed by atoms with van der Waals surface area (Å²) in [6.45, 7) is 0. The average Bonchev–Trinajstić information content (AvgIpc) is 3.01. The van der Waals surface area contributed by atoms with Crippen molar-refractivity contribution in [1.29, 1.82) is 0 Å². The molecule has 1 atom stereocenters. The second-order valence-electron chi connectivity index (χ2n) is 6.54. The number of para-hydroxylation sites is 1. The van der Waals surface area contributed by atoms with E-state index in [4.69, 9.17) is 4.74 Å². The van der Waals surface area contributed by atoms with Crippen LogP contribution < -0.4 is 4.74 Å². The van der Waals surface area contributed by atoms with Gasteiger partial charge in [-0.25, -0.2) is 8.42 Å². The zero-order valence-corrected chi connectivity index (χ0v) is 15.7. The summed E-state index contributed by atoms with van der Waals surface area (Å²) >= 11 is 0. The fourth-order valence-corrected chi connectivity index (χ4v) is 4.99. The van der Waals surface area contributed by atoms with E-state index in [2.05, 4.69) is 4.98 Å². The summed E-state index contributed by atoms with van der Waals surface area (Å²) in [4.78, 5) is 18.4. The minimum atomic E-state index is -3.04. The van der Waals surface area contributed by atoms with Gasteiger partial charge in [0.1, 0.15) is 5.75 Å².